The van der Waals surface area contributed by atoms with E-state index in [1.807, 2.05) is 66.7 Å². The van der Waals surface area contributed by atoms with Gasteiger partial charge >= 0.3 is 0 Å². The normalized spacial score (nSPS) is 17.5. The molecule has 0 radical (unpaired) electrons. The summed E-state index contributed by atoms with van der Waals surface area (Å²) in [5.41, 5.74) is 4.40. The molecule has 4 rings (SSSR count). The predicted octanol–water partition coefficient (Wildman–Crippen LogP) is 1.62. The predicted molar refractivity (Wildman–Crippen MR) is 152 cm³/mol. The summed E-state index contributed by atoms with van der Waals surface area (Å²) < 4.78 is 0. The number of aryl methyl sites for hydroxylation is 2. The number of rotatable bonds is 6. The molecule has 0 aliphatic carbocycles. The summed E-state index contributed by atoms with van der Waals surface area (Å²) >= 11 is 0. The monoisotopic (exact) mass is 555 g/mol. The summed E-state index contributed by atoms with van der Waals surface area (Å²) in [4.78, 5) is 67.6. The van der Waals surface area contributed by atoms with Crippen LogP contribution in [0.3, 0.4) is 0 Å². The van der Waals surface area contributed by atoms with Gasteiger partial charge in [-0.1, -0.05) is 48.5 Å². The fraction of sp³-hybridized carbons (Fsp3) is 0.290. The first-order chi connectivity index (χ1) is 19.8. The SMILES string of the molecule is CC1NC(=O)CCc2ccnc(c2)-c2cccc(c2)CCC(C(=O)NCC(=O)C(=O)NCc2ccccc2)NC1=O. The minimum absolute atomic E-state index is 0.180. The fourth-order valence-corrected chi connectivity index (χ4v) is 4.44. The second-order valence-electron chi connectivity index (χ2n) is 9.95. The summed E-state index contributed by atoms with van der Waals surface area (Å²) in [6, 6.07) is 18.8. The molecule has 0 saturated heterocycles. The van der Waals surface area contributed by atoms with E-state index in [4.69, 9.17) is 0 Å². The van der Waals surface area contributed by atoms with Gasteiger partial charge in [0.25, 0.3) is 5.91 Å². The van der Waals surface area contributed by atoms with E-state index >= 15 is 0 Å². The molecule has 212 valence electrons. The number of ketones is 1. The minimum Gasteiger partial charge on any atom is -0.347 e. The van der Waals surface area contributed by atoms with Crippen LogP contribution in [0.15, 0.2) is 72.9 Å². The van der Waals surface area contributed by atoms with Crippen LogP contribution in [-0.4, -0.2) is 53.0 Å². The molecule has 0 saturated carbocycles. The highest BCUT2D eigenvalue weighted by atomic mass is 16.2. The first-order valence-electron chi connectivity index (χ1n) is 13.5. The summed E-state index contributed by atoms with van der Waals surface area (Å²) in [7, 11) is 0. The standard InChI is InChI=1S/C31H33N5O5/c1-20-29(39)36-25(30(40)34-19-27(37)31(41)33-18-23-6-3-2-4-7-23)12-10-21-8-5-9-24(16-21)26-17-22(14-15-32-26)11-13-28(38)35-20/h2-9,14-17,20,25H,10-13,18-19H2,1H3,(H,33,41)(H,34,40)(H,35,38)(H,36,39). The van der Waals surface area contributed by atoms with Crippen LogP contribution in [0.1, 0.15) is 36.5 Å². The molecule has 4 amide bonds. The molecule has 0 spiro atoms. The molecule has 2 heterocycles. The summed E-state index contributed by atoms with van der Waals surface area (Å²) in [6.45, 7) is 1.20. The molecule has 2 aromatic carbocycles. The topological polar surface area (TPSA) is 146 Å². The van der Waals surface area contributed by atoms with Gasteiger partial charge in [0.15, 0.2) is 0 Å². The molecule has 10 nitrogen and oxygen atoms in total. The zero-order valence-corrected chi connectivity index (χ0v) is 22.8. The molecule has 3 aromatic rings. The Bertz CT molecular complexity index is 1430. The lowest BCUT2D eigenvalue weighted by molar-refractivity contribution is -0.138. The molecule has 10 heteroatoms. The van der Waals surface area contributed by atoms with Gasteiger partial charge in [0.2, 0.25) is 23.5 Å². The van der Waals surface area contributed by atoms with Crippen molar-refractivity contribution >= 4 is 29.4 Å². The molecule has 1 aliphatic heterocycles. The third-order valence-electron chi connectivity index (χ3n) is 6.79. The number of fused-ring (bicyclic) bond motifs is 5. The van der Waals surface area contributed by atoms with Crippen molar-refractivity contribution in [3.05, 3.63) is 89.6 Å². The van der Waals surface area contributed by atoms with Gasteiger partial charge in [0.1, 0.15) is 12.1 Å². The highest BCUT2D eigenvalue weighted by Gasteiger charge is 2.25. The number of aromatic nitrogens is 1. The Labute approximate surface area is 238 Å². The Morgan fingerprint density at radius 2 is 1.66 bits per heavy atom. The van der Waals surface area contributed by atoms with Crippen molar-refractivity contribution in [2.24, 2.45) is 0 Å². The van der Waals surface area contributed by atoms with Crippen molar-refractivity contribution < 1.29 is 24.0 Å². The number of benzene rings is 2. The smallest absolute Gasteiger partial charge is 0.289 e. The van der Waals surface area contributed by atoms with E-state index in [0.717, 1.165) is 27.9 Å². The number of carbonyl (C=O) groups excluding carboxylic acids is 5. The van der Waals surface area contributed by atoms with Crippen molar-refractivity contribution in [2.45, 2.75) is 51.2 Å². The molecule has 41 heavy (non-hydrogen) atoms. The van der Waals surface area contributed by atoms with Crippen LogP contribution in [0.5, 0.6) is 0 Å². The first kappa shape index (κ1) is 29.1. The van der Waals surface area contributed by atoms with Gasteiger partial charge in [-0.3, -0.25) is 29.0 Å². The summed E-state index contributed by atoms with van der Waals surface area (Å²) in [6.07, 6.45) is 3.03. The van der Waals surface area contributed by atoms with Gasteiger partial charge in [0.05, 0.1) is 12.2 Å². The second-order valence-corrected chi connectivity index (χ2v) is 9.95. The number of nitrogens with one attached hydrogen (secondary N) is 4. The zero-order valence-electron chi connectivity index (χ0n) is 22.8. The number of hydrogen-bond donors (Lipinski definition) is 4. The van der Waals surface area contributed by atoms with Crippen LogP contribution >= 0.6 is 0 Å². The van der Waals surface area contributed by atoms with E-state index in [0.29, 0.717) is 12.8 Å². The van der Waals surface area contributed by atoms with E-state index in [2.05, 4.69) is 26.3 Å². The average Bonchev–Trinajstić information content (AvgIpc) is 2.99. The van der Waals surface area contributed by atoms with Gasteiger partial charge in [-0.05, 0) is 61.1 Å². The molecule has 4 bridgehead atoms. The average molecular weight is 556 g/mol. The third kappa shape index (κ3) is 8.56. The largest absolute Gasteiger partial charge is 0.347 e. The van der Waals surface area contributed by atoms with Crippen molar-refractivity contribution in [3.63, 3.8) is 0 Å². The maximum absolute atomic E-state index is 13.1. The van der Waals surface area contributed by atoms with Crippen molar-refractivity contribution in [1.29, 1.82) is 0 Å². The molecular weight excluding hydrogens is 522 g/mol. The number of carbonyl (C=O) groups is 5. The number of amides is 4. The van der Waals surface area contributed by atoms with Gasteiger partial charge in [-0.15, -0.1) is 0 Å². The summed E-state index contributed by atoms with van der Waals surface area (Å²) in [5.74, 6) is -3.06. The molecule has 2 atom stereocenters. The lowest BCUT2D eigenvalue weighted by atomic mass is 9.99. The van der Waals surface area contributed by atoms with E-state index in [-0.39, 0.29) is 25.3 Å². The van der Waals surface area contributed by atoms with E-state index < -0.39 is 42.1 Å². The fourth-order valence-electron chi connectivity index (χ4n) is 4.44. The third-order valence-corrected chi connectivity index (χ3v) is 6.79. The van der Waals surface area contributed by atoms with E-state index in [1.54, 1.807) is 13.1 Å². The molecule has 0 fully saturated rings. The number of Topliss-reactive ketones (excluding diaryl/α,β-unsaturated/α-hetero) is 1. The molecular formula is C31H33N5O5. The van der Waals surface area contributed by atoms with E-state index in [9.17, 15) is 24.0 Å². The summed E-state index contributed by atoms with van der Waals surface area (Å²) in [5, 5.41) is 10.4. The second kappa shape index (κ2) is 14.0. The van der Waals surface area contributed by atoms with Crippen LogP contribution in [0, 0.1) is 0 Å². The minimum atomic E-state index is -1.000. The molecule has 4 N–H and O–H groups in total. The highest BCUT2D eigenvalue weighted by Crippen LogP contribution is 2.21. The van der Waals surface area contributed by atoms with Crippen LogP contribution in [0.4, 0.5) is 0 Å². The Kier molecular flexibility index (Phi) is 9.93. The lowest BCUT2D eigenvalue weighted by Crippen LogP contribution is -2.53. The Balaban J connectivity index is 1.45. The highest BCUT2D eigenvalue weighted by molar-refractivity contribution is 6.37. The zero-order chi connectivity index (χ0) is 29.2. The van der Waals surface area contributed by atoms with Crippen LogP contribution in [-0.2, 0) is 43.4 Å². The molecule has 2 unspecified atom stereocenters. The van der Waals surface area contributed by atoms with Crippen LogP contribution in [0.2, 0.25) is 0 Å². The Hall–Kier alpha value is -4.86. The lowest BCUT2D eigenvalue weighted by Gasteiger charge is -2.21. The van der Waals surface area contributed by atoms with Crippen molar-refractivity contribution in [3.8, 4) is 11.3 Å². The quantitative estimate of drug-likeness (QED) is 0.340. The number of hydrogen-bond acceptors (Lipinski definition) is 6. The van der Waals surface area contributed by atoms with Gasteiger partial charge in [0, 0.05) is 24.7 Å². The van der Waals surface area contributed by atoms with Crippen LogP contribution < -0.4 is 21.3 Å². The molecule has 1 aliphatic rings. The van der Waals surface area contributed by atoms with E-state index in [1.165, 1.54) is 0 Å². The Morgan fingerprint density at radius 1 is 0.878 bits per heavy atom. The Morgan fingerprint density at radius 3 is 2.46 bits per heavy atom. The van der Waals surface area contributed by atoms with Gasteiger partial charge in [-0.25, -0.2) is 0 Å². The van der Waals surface area contributed by atoms with Crippen molar-refractivity contribution in [1.82, 2.24) is 26.3 Å². The first-order valence-corrected chi connectivity index (χ1v) is 13.5. The maximum atomic E-state index is 13.1. The van der Waals surface area contributed by atoms with Crippen LogP contribution in [0.25, 0.3) is 11.3 Å². The van der Waals surface area contributed by atoms with Gasteiger partial charge in [-0.2, -0.15) is 0 Å². The van der Waals surface area contributed by atoms with Crippen molar-refractivity contribution in [2.75, 3.05) is 6.54 Å². The maximum Gasteiger partial charge on any atom is 0.289 e. The number of pyridine rings is 1. The molecule has 1 aromatic heterocycles. The number of nitrogens with zero attached hydrogens (tertiary/aromatic N) is 1. The van der Waals surface area contributed by atoms with Gasteiger partial charge < -0.3 is 21.3 Å².